The molecule has 0 saturated carbocycles. The minimum Gasteiger partial charge on any atom is -0.338 e. The monoisotopic (exact) mass is 317 g/mol. The third-order valence-electron chi connectivity index (χ3n) is 4.50. The second-order valence-electron chi connectivity index (χ2n) is 6.82. The van der Waals surface area contributed by atoms with Gasteiger partial charge in [0.2, 0.25) is 0 Å². The van der Waals surface area contributed by atoms with Crippen molar-refractivity contribution in [3.05, 3.63) is 35.4 Å². The molecule has 4 heteroatoms. The van der Waals surface area contributed by atoms with Crippen molar-refractivity contribution >= 4 is 6.03 Å². The Morgan fingerprint density at radius 3 is 2.70 bits per heavy atom. The van der Waals surface area contributed by atoms with Crippen LogP contribution >= 0.6 is 0 Å². The van der Waals surface area contributed by atoms with Gasteiger partial charge in [-0.3, -0.25) is 0 Å². The first-order chi connectivity index (χ1) is 11.1. The van der Waals surface area contributed by atoms with Crippen LogP contribution in [0, 0.1) is 12.8 Å². The molecule has 2 amide bonds. The highest BCUT2D eigenvalue weighted by atomic mass is 16.2. The maximum absolute atomic E-state index is 11.8. The summed E-state index contributed by atoms with van der Waals surface area (Å²) in [7, 11) is 0. The number of rotatable bonds is 7. The molecule has 4 nitrogen and oxygen atoms in total. The first kappa shape index (κ1) is 17.8. The number of aryl methyl sites for hydroxylation is 1. The highest BCUT2D eigenvalue weighted by Gasteiger charge is 2.15. The van der Waals surface area contributed by atoms with Crippen LogP contribution in [-0.4, -0.2) is 43.7 Å². The van der Waals surface area contributed by atoms with Gasteiger partial charge in [0.15, 0.2) is 0 Å². The lowest BCUT2D eigenvalue weighted by molar-refractivity contribution is 0.181. The van der Waals surface area contributed by atoms with Crippen molar-refractivity contribution in [1.82, 2.24) is 15.5 Å². The van der Waals surface area contributed by atoms with Crippen molar-refractivity contribution in [1.29, 1.82) is 0 Å². The Hall–Kier alpha value is -1.55. The summed E-state index contributed by atoms with van der Waals surface area (Å²) < 4.78 is 0. The van der Waals surface area contributed by atoms with E-state index < -0.39 is 0 Å². The predicted octanol–water partition coefficient (Wildman–Crippen LogP) is 2.96. The average Bonchev–Trinajstić information content (AvgIpc) is 2.54. The third kappa shape index (κ3) is 7.04. The van der Waals surface area contributed by atoms with E-state index in [-0.39, 0.29) is 6.03 Å². The van der Waals surface area contributed by atoms with E-state index in [0.29, 0.717) is 6.54 Å². The Kier molecular flexibility index (Phi) is 7.40. The van der Waals surface area contributed by atoms with Gasteiger partial charge in [0, 0.05) is 19.6 Å². The summed E-state index contributed by atoms with van der Waals surface area (Å²) in [6.07, 6.45) is 4.57. The molecule has 1 unspecified atom stereocenters. The van der Waals surface area contributed by atoms with Crippen LogP contribution in [0.15, 0.2) is 24.3 Å². The highest BCUT2D eigenvalue weighted by molar-refractivity contribution is 5.73. The van der Waals surface area contributed by atoms with Crippen molar-refractivity contribution in [2.75, 3.05) is 32.7 Å². The van der Waals surface area contributed by atoms with Gasteiger partial charge in [-0.05, 0) is 57.2 Å². The molecule has 1 aromatic carbocycles. The van der Waals surface area contributed by atoms with E-state index in [4.69, 9.17) is 0 Å². The quantitative estimate of drug-likeness (QED) is 0.759. The number of nitrogens with one attached hydrogen (secondary N) is 2. The molecule has 0 aliphatic carbocycles. The predicted molar refractivity (Wildman–Crippen MR) is 95.7 cm³/mol. The molecule has 1 aromatic rings. The van der Waals surface area contributed by atoms with Crippen LogP contribution in [0.2, 0.25) is 0 Å². The molecule has 0 bridgehead atoms. The van der Waals surface area contributed by atoms with Crippen molar-refractivity contribution in [2.45, 2.75) is 39.5 Å². The topological polar surface area (TPSA) is 44.4 Å². The second-order valence-corrected chi connectivity index (χ2v) is 6.82. The van der Waals surface area contributed by atoms with E-state index in [1.807, 2.05) is 0 Å². The van der Waals surface area contributed by atoms with Gasteiger partial charge in [-0.15, -0.1) is 0 Å². The maximum Gasteiger partial charge on any atom is 0.314 e. The van der Waals surface area contributed by atoms with Gasteiger partial charge >= 0.3 is 6.03 Å². The van der Waals surface area contributed by atoms with Crippen molar-refractivity contribution < 1.29 is 4.79 Å². The zero-order valence-corrected chi connectivity index (χ0v) is 14.6. The summed E-state index contributed by atoms with van der Waals surface area (Å²) in [5.41, 5.74) is 2.53. The van der Waals surface area contributed by atoms with E-state index in [9.17, 15) is 4.79 Å². The zero-order chi connectivity index (χ0) is 16.5. The van der Waals surface area contributed by atoms with Gasteiger partial charge in [0.1, 0.15) is 0 Å². The minimum absolute atomic E-state index is 0.0517. The molecule has 1 fully saturated rings. The number of carbonyl (C=O) groups excluding carboxylic acids is 1. The first-order valence-corrected chi connectivity index (χ1v) is 8.93. The van der Waals surface area contributed by atoms with E-state index in [1.165, 1.54) is 37.1 Å². The van der Waals surface area contributed by atoms with Crippen LogP contribution in [0.25, 0.3) is 0 Å². The fraction of sp³-hybridized carbons (Fsp3) is 0.632. The molecule has 1 saturated heterocycles. The Bertz CT molecular complexity index is 472. The van der Waals surface area contributed by atoms with Gasteiger partial charge in [0.05, 0.1) is 0 Å². The molecule has 1 heterocycles. The van der Waals surface area contributed by atoms with Crippen LogP contribution in [0.5, 0.6) is 0 Å². The number of hydrogen-bond acceptors (Lipinski definition) is 2. The summed E-state index contributed by atoms with van der Waals surface area (Å²) in [4.78, 5) is 14.3. The summed E-state index contributed by atoms with van der Waals surface area (Å²) in [6.45, 7) is 9.36. The summed E-state index contributed by atoms with van der Waals surface area (Å²) >= 11 is 0. The first-order valence-electron chi connectivity index (χ1n) is 8.93. The molecule has 1 aliphatic rings. The largest absolute Gasteiger partial charge is 0.338 e. The standard InChI is InChI=1S/C19H31N3O/c1-16-6-8-18(9-7-16)10-12-21-19(23)20-11-4-14-22-13-3-5-17(2)15-22/h6-9,17H,3-5,10-15H2,1-2H3,(H2,20,21,23). The maximum atomic E-state index is 11.8. The van der Waals surface area contributed by atoms with E-state index in [0.717, 1.165) is 31.8 Å². The molecule has 2 rings (SSSR count). The Labute approximate surface area is 140 Å². The van der Waals surface area contributed by atoms with Gasteiger partial charge in [-0.2, -0.15) is 0 Å². The summed E-state index contributed by atoms with van der Waals surface area (Å²) in [5.74, 6) is 0.821. The number of likely N-dealkylation sites (tertiary alicyclic amines) is 1. The lowest BCUT2D eigenvalue weighted by atomic mass is 10.0. The third-order valence-corrected chi connectivity index (χ3v) is 4.50. The number of nitrogens with zero attached hydrogens (tertiary/aromatic N) is 1. The second kappa shape index (κ2) is 9.56. The lowest BCUT2D eigenvalue weighted by Crippen LogP contribution is -2.39. The van der Waals surface area contributed by atoms with Crippen molar-refractivity contribution in [3.63, 3.8) is 0 Å². The van der Waals surface area contributed by atoms with Crippen molar-refractivity contribution in [3.8, 4) is 0 Å². The average molecular weight is 317 g/mol. The summed E-state index contributed by atoms with van der Waals surface area (Å²) in [6, 6.07) is 8.40. The molecular weight excluding hydrogens is 286 g/mol. The number of benzene rings is 1. The Morgan fingerprint density at radius 1 is 1.22 bits per heavy atom. The fourth-order valence-electron chi connectivity index (χ4n) is 3.13. The number of amides is 2. The van der Waals surface area contributed by atoms with Gasteiger partial charge in [-0.1, -0.05) is 36.8 Å². The van der Waals surface area contributed by atoms with Crippen LogP contribution in [-0.2, 0) is 6.42 Å². The Morgan fingerprint density at radius 2 is 1.96 bits per heavy atom. The molecule has 23 heavy (non-hydrogen) atoms. The molecule has 1 aliphatic heterocycles. The molecule has 1 atom stereocenters. The fourth-order valence-corrected chi connectivity index (χ4v) is 3.13. The lowest BCUT2D eigenvalue weighted by Gasteiger charge is -2.30. The number of hydrogen-bond donors (Lipinski definition) is 2. The van der Waals surface area contributed by atoms with E-state index in [2.05, 4.69) is 53.6 Å². The SMILES string of the molecule is Cc1ccc(CCNC(=O)NCCCN2CCCC(C)C2)cc1. The molecule has 0 spiro atoms. The van der Waals surface area contributed by atoms with Crippen LogP contribution in [0.1, 0.15) is 37.3 Å². The number of carbonyl (C=O) groups is 1. The van der Waals surface area contributed by atoms with Crippen molar-refractivity contribution in [2.24, 2.45) is 5.92 Å². The molecular formula is C19H31N3O. The molecule has 0 radical (unpaired) electrons. The Balaban J connectivity index is 1.50. The summed E-state index contributed by atoms with van der Waals surface area (Å²) in [5, 5.41) is 5.88. The van der Waals surface area contributed by atoms with Gasteiger partial charge < -0.3 is 15.5 Å². The van der Waals surface area contributed by atoms with Crippen LogP contribution in [0.3, 0.4) is 0 Å². The van der Waals surface area contributed by atoms with Crippen LogP contribution in [0.4, 0.5) is 4.79 Å². The van der Waals surface area contributed by atoms with E-state index >= 15 is 0 Å². The number of piperidine rings is 1. The number of urea groups is 1. The van der Waals surface area contributed by atoms with Gasteiger partial charge in [0.25, 0.3) is 0 Å². The normalized spacial score (nSPS) is 18.6. The molecule has 128 valence electrons. The van der Waals surface area contributed by atoms with E-state index in [1.54, 1.807) is 0 Å². The van der Waals surface area contributed by atoms with Crippen LogP contribution < -0.4 is 10.6 Å². The highest BCUT2D eigenvalue weighted by Crippen LogP contribution is 2.15. The molecule has 2 N–H and O–H groups in total. The zero-order valence-electron chi connectivity index (χ0n) is 14.6. The smallest absolute Gasteiger partial charge is 0.314 e. The molecule has 0 aromatic heterocycles. The van der Waals surface area contributed by atoms with Gasteiger partial charge in [-0.25, -0.2) is 4.79 Å². The minimum atomic E-state index is -0.0517.